The number of hydrogen-bond donors (Lipinski definition) is 0. The highest BCUT2D eigenvalue weighted by Crippen LogP contribution is 2.33. The lowest BCUT2D eigenvalue weighted by Crippen LogP contribution is -2.21. The molecule has 0 N–H and O–H groups in total. The summed E-state index contributed by atoms with van der Waals surface area (Å²) in [5.74, 6) is 0. The summed E-state index contributed by atoms with van der Waals surface area (Å²) in [6.45, 7) is 0. The zero-order valence-electron chi connectivity index (χ0n) is 14.4. The third-order valence-electron chi connectivity index (χ3n) is 4.21. The Bertz CT molecular complexity index is 780. The molecule has 0 heterocycles. The molecule has 0 aliphatic carbocycles. The normalized spacial score (nSPS) is 11.5. The standard InChI is InChI=1S/C18H15Cl6NSi3/c19-26(20)16-7-1-13(2-8-16)25(14-3-9-17(10-4-14)27(21)22)15-5-11-18(12-6-15)28(23)24/h1-12,26-28H. The van der Waals surface area contributed by atoms with E-state index < -0.39 is 22.2 Å². The van der Waals surface area contributed by atoms with E-state index >= 15 is 0 Å². The van der Waals surface area contributed by atoms with Crippen LogP contribution in [0.5, 0.6) is 0 Å². The van der Waals surface area contributed by atoms with E-state index in [-0.39, 0.29) is 0 Å². The van der Waals surface area contributed by atoms with Crippen LogP contribution in [0.2, 0.25) is 0 Å². The van der Waals surface area contributed by atoms with Gasteiger partial charge in [-0.1, -0.05) is 36.4 Å². The van der Waals surface area contributed by atoms with Gasteiger partial charge in [-0.15, -0.1) is 66.5 Å². The van der Waals surface area contributed by atoms with E-state index in [9.17, 15) is 0 Å². The van der Waals surface area contributed by atoms with Crippen molar-refractivity contribution in [2.24, 2.45) is 0 Å². The minimum Gasteiger partial charge on any atom is -0.311 e. The molecule has 3 rings (SSSR count). The zero-order valence-corrected chi connectivity index (χ0v) is 22.4. The molecule has 1 nitrogen and oxygen atoms in total. The zero-order chi connectivity index (χ0) is 20.3. The van der Waals surface area contributed by atoms with Gasteiger partial charge in [0.2, 0.25) is 0 Å². The fourth-order valence-electron chi connectivity index (χ4n) is 2.75. The minimum absolute atomic E-state index is 0.981. The van der Waals surface area contributed by atoms with Crippen LogP contribution >= 0.6 is 66.5 Å². The topological polar surface area (TPSA) is 3.24 Å². The molecule has 0 aliphatic rings. The third-order valence-corrected chi connectivity index (χ3v) is 11.4. The van der Waals surface area contributed by atoms with Gasteiger partial charge in [-0.3, -0.25) is 0 Å². The fraction of sp³-hybridized carbons (Fsp3) is 0. The lowest BCUT2D eigenvalue weighted by Gasteiger charge is -2.26. The van der Waals surface area contributed by atoms with Gasteiger partial charge in [0.25, 0.3) is 22.2 Å². The van der Waals surface area contributed by atoms with Gasteiger partial charge in [-0.2, -0.15) is 0 Å². The summed E-state index contributed by atoms with van der Waals surface area (Å²) in [6.07, 6.45) is 0. The molecule has 3 aromatic rings. The van der Waals surface area contributed by atoms with Gasteiger partial charge < -0.3 is 4.90 Å². The van der Waals surface area contributed by atoms with Gasteiger partial charge >= 0.3 is 0 Å². The van der Waals surface area contributed by atoms with Crippen LogP contribution in [0, 0.1) is 0 Å². The van der Waals surface area contributed by atoms with Crippen LogP contribution in [0.4, 0.5) is 17.1 Å². The largest absolute Gasteiger partial charge is 0.311 e. The molecule has 0 saturated heterocycles. The van der Waals surface area contributed by atoms with Crippen molar-refractivity contribution in [2.45, 2.75) is 0 Å². The predicted octanol–water partition coefficient (Wildman–Crippen LogP) is 4.87. The van der Waals surface area contributed by atoms with Crippen LogP contribution in [-0.4, -0.2) is 22.2 Å². The molecule has 28 heavy (non-hydrogen) atoms. The first-order chi connectivity index (χ1) is 13.4. The van der Waals surface area contributed by atoms with E-state index in [1.54, 1.807) is 0 Å². The molecule has 0 radical (unpaired) electrons. The predicted molar refractivity (Wildman–Crippen MR) is 137 cm³/mol. The van der Waals surface area contributed by atoms with E-state index in [1.165, 1.54) is 0 Å². The SMILES string of the molecule is Cl[SiH](Cl)c1ccc(N(c2ccc([SiH](Cl)Cl)cc2)c2ccc([SiH](Cl)Cl)cc2)cc1. The van der Waals surface area contributed by atoms with E-state index in [2.05, 4.69) is 4.90 Å². The van der Waals surface area contributed by atoms with Crippen molar-refractivity contribution >= 4 is 121 Å². The Labute approximate surface area is 197 Å². The van der Waals surface area contributed by atoms with E-state index in [4.69, 9.17) is 66.5 Å². The molecule has 0 unspecified atom stereocenters. The average molecular weight is 542 g/mol. The number of anilines is 3. The summed E-state index contributed by atoms with van der Waals surface area (Å²) in [5, 5.41) is 2.94. The molecule has 146 valence electrons. The number of nitrogens with zero attached hydrogens (tertiary/aromatic N) is 1. The fourth-order valence-corrected chi connectivity index (χ4v) is 6.82. The van der Waals surface area contributed by atoms with Crippen LogP contribution in [0.1, 0.15) is 0 Å². The Hall–Kier alpha value is -0.149. The second kappa shape index (κ2) is 10.2. The summed E-state index contributed by atoms with van der Waals surface area (Å²) in [7, 11) is -5.67. The molecule has 0 atom stereocenters. The van der Waals surface area contributed by atoms with Crippen molar-refractivity contribution in [3.05, 3.63) is 72.8 Å². The molecule has 0 bridgehead atoms. The molecule has 3 aromatic carbocycles. The number of benzene rings is 3. The highest BCUT2D eigenvalue weighted by molar-refractivity contribution is 7.40. The first-order valence-electron chi connectivity index (χ1n) is 8.31. The molecule has 0 amide bonds. The van der Waals surface area contributed by atoms with Crippen molar-refractivity contribution in [2.75, 3.05) is 4.90 Å². The van der Waals surface area contributed by atoms with Crippen LogP contribution < -0.4 is 20.5 Å². The first-order valence-corrected chi connectivity index (χ1v) is 20.5. The van der Waals surface area contributed by atoms with Crippen molar-refractivity contribution in [3.63, 3.8) is 0 Å². The first kappa shape index (κ1) is 22.5. The summed E-state index contributed by atoms with van der Waals surface area (Å²) < 4.78 is 0. The van der Waals surface area contributed by atoms with Gasteiger partial charge in [-0.05, 0) is 52.0 Å². The maximum atomic E-state index is 6.11. The van der Waals surface area contributed by atoms with E-state index in [0.29, 0.717) is 0 Å². The summed E-state index contributed by atoms with van der Waals surface area (Å²) in [4.78, 5) is 2.13. The summed E-state index contributed by atoms with van der Waals surface area (Å²) in [6, 6.07) is 24.0. The van der Waals surface area contributed by atoms with E-state index in [0.717, 1.165) is 32.6 Å². The van der Waals surface area contributed by atoms with Gasteiger partial charge in [0.1, 0.15) is 0 Å². The minimum atomic E-state index is -1.89. The molecular weight excluding hydrogens is 527 g/mol. The Balaban J connectivity index is 2.04. The van der Waals surface area contributed by atoms with Gasteiger partial charge in [0.15, 0.2) is 0 Å². The highest BCUT2D eigenvalue weighted by atomic mass is 35.7. The van der Waals surface area contributed by atoms with Crippen molar-refractivity contribution < 1.29 is 0 Å². The van der Waals surface area contributed by atoms with Crippen molar-refractivity contribution in [1.82, 2.24) is 0 Å². The molecule has 10 heteroatoms. The van der Waals surface area contributed by atoms with Gasteiger partial charge in [0.05, 0.1) is 0 Å². The van der Waals surface area contributed by atoms with Crippen LogP contribution in [-0.2, 0) is 0 Å². The maximum absolute atomic E-state index is 6.11. The summed E-state index contributed by atoms with van der Waals surface area (Å²) in [5.41, 5.74) is 2.97. The number of hydrogen-bond acceptors (Lipinski definition) is 1. The lowest BCUT2D eigenvalue weighted by atomic mass is 10.2. The summed E-state index contributed by atoms with van der Waals surface area (Å²) >= 11 is 36.7. The number of rotatable bonds is 6. The molecule has 0 spiro atoms. The van der Waals surface area contributed by atoms with Crippen LogP contribution in [0.3, 0.4) is 0 Å². The second-order valence-corrected chi connectivity index (χ2v) is 19.7. The molecule has 0 aliphatic heterocycles. The van der Waals surface area contributed by atoms with Crippen molar-refractivity contribution in [1.29, 1.82) is 0 Å². The van der Waals surface area contributed by atoms with Crippen molar-refractivity contribution in [3.8, 4) is 0 Å². The molecule has 0 aromatic heterocycles. The third kappa shape index (κ3) is 5.51. The molecule has 0 saturated carbocycles. The Kier molecular flexibility index (Phi) is 8.24. The Morgan fingerprint density at radius 2 is 0.607 bits per heavy atom. The Morgan fingerprint density at radius 1 is 0.393 bits per heavy atom. The maximum Gasteiger partial charge on any atom is 0.266 e. The van der Waals surface area contributed by atoms with Gasteiger partial charge in [0, 0.05) is 17.1 Å². The quantitative estimate of drug-likeness (QED) is 0.318. The van der Waals surface area contributed by atoms with Gasteiger partial charge in [-0.25, -0.2) is 0 Å². The molecular formula is C18H15Cl6NSi3. The average Bonchev–Trinajstić information content (AvgIpc) is 2.69. The van der Waals surface area contributed by atoms with Crippen LogP contribution in [0.25, 0.3) is 0 Å². The number of halogens is 6. The monoisotopic (exact) mass is 539 g/mol. The van der Waals surface area contributed by atoms with Crippen LogP contribution in [0.15, 0.2) is 72.8 Å². The molecule has 0 fully saturated rings. The van der Waals surface area contributed by atoms with E-state index in [1.807, 2.05) is 72.8 Å². The lowest BCUT2D eigenvalue weighted by molar-refractivity contribution is 1.29. The smallest absolute Gasteiger partial charge is 0.266 e. The Morgan fingerprint density at radius 3 is 0.786 bits per heavy atom. The highest BCUT2D eigenvalue weighted by Gasteiger charge is 2.16. The second-order valence-electron chi connectivity index (χ2n) is 6.01.